The van der Waals surface area contributed by atoms with Gasteiger partial charge in [0.15, 0.2) is 0 Å². The Morgan fingerprint density at radius 3 is 2.25 bits per heavy atom. The molecule has 1 atom stereocenters. The minimum Gasteiger partial charge on any atom is -0.290 e. The summed E-state index contributed by atoms with van der Waals surface area (Å²) in [5.74, 6) is 0. The van der Waals surface area contributed by atoms with E-state index in [1.165, 1.54) is 13.8 Å². The van der Waals surface area contributed by atoms with Gasteiger partial charge in [-0.15, -0.1) is 4.20 Å². The first-order chi connectivity index (χ1) is 5.12. The molecule has 2 N–H and O–H groups in total. The van der Waals surface area contributed by atoms with Crippen molar-refractivity contribution in [2.24, 2.45) is 0 Å². The molecular formula is C3H9FNO5PS. The van der Waals surface area contributed by atoms with Gasteiger partial charge in [-0.1, -0.05) is 4.49 Å². The molecule has 0 aliphatic rings. The molecule has 0 rings (SSSR count). The van der Waals surface area contributed by atoms with Crippen LogP contribution < -0.4 is 4.49 Å². The van der Waals surface area contributed by atoms with Crippen LogP contribution in [0.1, 0.15) is 13.8 Å². The number of halogens is 1. The Morgan fingerprint density at radius 2 is 2.00 bits per heavy atom. The normalized spacial score (nSPS) is 17.8. The molecule has 74 valence electrons. The van der Waals surface area contributed by atoms with Crippen molar-refractivity contribution in [1.29, 1.82) is 0 Å². The largest absolute Gasteiger partial charge is 0.458 e. The Balaban J connectivity index is 4.35. The highest BCUT2D eigenvalue weighted by molar-refractivity contribution is 7.89. The fourth-order valence-electron chi connectivity index (χ4n) is 0.430. The molecule has 0 saturated heterocycles. The van der Waals surface area contributed by atoms with Crippen LogP contribution in [0.15, 0.2) is 0 Å². The Bertz CT molecular complexity index is 287. The zero-order chi connectivity index (χ0) is 9.99. The second kappa shape index (κ2) is 3.80. The maximum Gasteiger partial charge on any atom is 0.458 e. The van der Waals surface area contributed by atoms with Gasteiger partial charge < -0.3 is 0 Å². The molecule has 0 aliphatic carbocycles. The lowest BCUT2D eigenvalue weighted by atomic mass is 10.5. The Morgan fingerprint density at radius 1 is 1.58 bits per heavy atom. The number of hydrogen-bond donors (Lipinski definition) is 2. The SMILES string of the molecule is CC(C)OP(=O)(F)NS(=O)(=O)O. The molecule has 1 unspecified atom stereocenters. The lowest BCUT2D eigenvalue weighted by Crippen LogP contribution is -2.20. The van der Waals surface area contributed by atoms with Gasteiger partial charge in [0.05, 0.1) is 6.10 Å². The second-order valence-corrected chi connectivity index (χ2v) is 5.05. The fourth-order valence-corrected chi connectivity index (χ4v) is 2.25. The van der Waals surface area contributed by atoms with Crippen molar-refractivity contribution in [2.75, 3.05) is 0 Å². The van der Waals surface area contributed by atoms with Crippen LogP contribution in [0.4, 0.5) is 4.20 Å². The van der Waals surface area contributed by atoms with Crippen molar-refractivity contribution in [3.8, 4) is 0 Å². The quantitative estimate of drug-likeness (QED) is 0.543. The predicted octanol–water partition coefficient (Wildman–Crippen LogP) is 0.881. The third kappa shape index (κ3) is 6.68. The van der Waals surface area contributed by atoms with E-state index < -0.39 is 24.2 Å². The maximum absolute atomic E-state index is 12.5. The van der Waals surface area contributed by atoms with Crippen LogP contribution in [0.3, 0.4) is 0 Å². The maximum atomic E-state index is 12.5. The van der Waals surface area contributed by atoms with Gasteiger partial charge in [0.1, 0.15) is 0 Å². The minimum absolute atomic E-state index is 0.755. The molecule has 12 heavy (non-hydrogen) atoms. The second-order valence-electron chi connectivity index (χ2n) is 2.20. The summed E-state index contributed by atoms with van der Waals surface area (Å²) in [5, 5.41) is 0. The smallest absolute Gasteiger partial charge is 0.290 e. The monoisotopic (exact) mass is 221 g/mol. The zero-order valence-electron chi connectivity index (χ0n) is 6.39. The Labute approximate surface area is 69.6 Å². The van der Waals surface area contributed by atoms with E-state index in [1.54, 1.807) is 0 Å². The van der Waals surface area contributed by atoms with Gasteiger partial charge >= 0.3 is 18.1 Å². The minimum atomic E-state index is -4.96. The van der Waals surface area contributed by atoms with Crippen LogP contribution in [0.2, 0.25) is 0 Å². The van der Waals surface area contributed by atoms with E-state index in [4.69, 9.17) is 4.55 Å². The molecule has 0 bridgehead atoms. The Kier molecular flexibility index (Phi) is 3.80. The molecule has 0 heterocycles. The first-order valence-electron chi connectivity index (χ1n) is 2.87. The van der Waals surface area contributed by atoms with Crippen molar-refractivity contribution in [3.63, 3.8) is 0 Å². The van der Waals surface area contributed by atoms with Crippen molar-refractivity contribution in [3.05, 3.63) is 0 Å². The van der Waals surface area contributed by atoms with E-state index in [1.807, 2.05) is 0 Å². The van der Waals surface area contributed by atoms with Gasteiger partial charge in [0, 0.05) is 0 Å². The van der Waals surface area contributed by atoms with Crippen LogP contribution in [-0.4, -0.2) is 19.1 Å². The molecule has 0 aliphatic heterocycles. The third-order valence-electron chi connectivity index (χ3n) is 0.571. The standard InChI is InChI=1S/C3H9FNO5PS/c1-3(2)10-11(4,6)5-12(7,8)9/h3H,1-2H3,(H,5,6)(H,7,8,9). The highest BCUT2D eigenvalue weighted by Crippen LogP contribution is 2.45. The van der Waals surface area contributed by atoms with Crippen LogP contribution in [0.25, 0.3) is 0 Å². The summed E-state index contributed by atoms with van der Waals surface area (Å²) >= 11 is 0. The zero-order valence-corrected chi connectivity index (χ0v) is 8.10. The molecule has 0 aromatic carbocycles. The Hall–Kier alpha value is -0.0100. The number of rotatable bonds is 4. The van der Waals surface area contributed by atoms with E-state index >= 15 is 0 Å². The molecule has 9 heteroatoms. The molecule has 0 saturated carbocycles. The molecule has 0 radical (unpaired) electrons. The topological polar surface area (TPSA) is 92.7 Å². The summed E-state index contributed by atoms with van der Waals surface area (Å²) in [5.41, 5.74) is 0. The molecular weight excluding hydrogens is 212 g/mol. The fraction of sp³-hybridized carbons (Fsp3) is 1.00. The van der Waals surface area contributed by atoms with Gasteiger partial charge in [-0.2, -0.15) is 8.42 Å². The molecule has 0 fully saturated rings. The van der Waals surface area contributed by atoms with Gasteiger partial charge in [0.2, 0.25) is 0 Å². The van der Waals surface area contributed by atoms with Crippen LogP contribution in [0.5, 0.6) is 0 Å². The van der Waals surface area contributed by atoms with Crippen LogP contribution in [0, 0.1) is 0 Å². The van der Waals surface area contributed by atoms with E-state index in [0.29, 0.717) is 0 Å². The van der Waals surface area contributed by atoms with Crippen molar-refractivity contribution >= 4 is 18.1 Å². The van der Waals surface area contributed by atoms with E-state index in [0.717, 1.165) is 4.49 Å². The van der Waals surface area contributed by atoms with Gasteiger partial charge in [0.25, 0.3) is 0 Å². The van der Waals surface area contributed by atoms with Gasteiger partial charge in [-0.05, 0) is 13.8 Å². The molecule has 6 nitrogen and oxygen atoms in total. The lowest BCUT2D eigenvalue weighted by Gasteiger charge is -2.10. The average molecular weight is 221 g/mol. The summed E-state index contributed by atoms with van der Waals surface area (Å²) in [6, 6.07) is 0. The van der Waals surface area contributed by atoms with Gasteiger partial charge in [-0.25, -0.2) is 4.57 Å². The lowest BCUT2D eigenvalue weighted by molar-refractivity contribution is 0.221. The van der Waals surface area contributed by atoms with E-state index in [2.05, 4.69) is 4.52 Å². The summed E-state index contributed by atoms with van der Waals surface area (Å²) in [7, 11) is -9.80. The van der Waals surface area contributed by atoms with Crippen LogP contribution in [-0.2, 0) is 19.4 Å². The van der Waals surface area contributed by atoms with Crippen molar-refractivity contribution in [2.45, 2.75) is 20.0 Å². The first kappa shape index (κ1) is 12.0. The average Bonchev–Trinajstić information content (AvgIpc) is 1.48. The third-order valence-corrected chi connectivity index (χ3v) is 3.06. The van der Waals surface area contributed by atoms with Gasteiger partial charge in [-0.3, -0.25) is 9.08 Å². The highest BCUT2D eigenvalue weighted by atomic mass is 32.2. The summed E-state index contributed by atoms with van der Waals surface area (Å²) in [6.45, 7) is 2.72. The molecule has 0 aromatic heterocycles. The first-order valence-corrected chi connectivity index (χ1v) is 5.82. The molecule has 0 aromatic rings. The molecule has 0 spiro atoms. The molecule has 0 amide bonds. The van der Waals surface area contributed by atoms with Crippen molar-refractivity contribution < 1.29 is 26.3 Å². The summed E-state index contributed by atoms with van der Waals surface area (Å²) < 4.78 is 55.9. The van der Waals surface area contributed by atoms with E-state index in [9.17, 15) is 17.2 Å². The number of nitrogens with one attached hydrogen (secondary N) is 1. The number of hydrogen-bond acceptors (Lipinski definition) is 4. The summed E-state index contributed by atoms with van der Waals surface area (Å²) in [4.78, 5) is 0. The highest BCUT2D eigenvalue weighted by Gasteiger charge is 2.29. The van der Waals surface area contributed by atoms with Crippen molar-refractivity contribution in [1.82, 2.24) is 4.49 Å². The summed E-state index contributed by atoms with van der Waals surface area (Å²) in [6.07, 6.45) is -0.755. The van der Waals surface area contributed by atoms with Crippen LogP contribution >= 0.6 is 7.83 Å². The van der Waals surface area contributed by atoms with E-state index in [-0.39, 0.29) is 0 Å². The predicted molar refractivity (Wildman–Crippen MR) is 39.6 cm³/mol.